The summed E-state index contributed by atoms with van der Waals surface area (Å²) in [6.07, 6.45) is 5.07. The number of benzene rings is 2. The monoisotopic (exact) mass is 355 g/mol. The number of unbranched alkanes of at least 4 members (excludes halogenated alkanes) is 1. The third-order valence-electron chi connectivity index (χ3n) is 5.36. The summed E-state index contributed by atoms with van der Waals surface area (Å²) in [5.74, 6) is 2.12. The van der Waals surface area contributed by atoms with Crippen molar-refractivity contribution in [1.82, 2.24) is 0 Å². The SMILES string of the molecule is CCCCC1(CC)CSc2ccc(OC)cc2N(c2ccccc2)C1. The molecule has 0 saturated carbocycles. The van der Waals surface area contributed by atoms with Crippen LogP contribution in [-0.2, 0) is 0 Å². The van der Waals surface area contributed by atoms with Gasteiger partial charge in [0.05, 0.1) is 12.8 Å². The fourth-order valence-electron chi connectivity index (χ4n) is 3.59. The number of fused-ring (bicyclic) bond motifs is 1. The number of hydrogen-bond donors (Lipinski definition) is 0. The molecule has 2 aromatic rings. The molecule has 0 saturated heterocycles. The summed E-state index contributed by atoms with van der Waals surface area (Å²) >= 11 is 2.01. The van der Waals surface area contributed by atoms with Crippen LogP contribution in [0.1, 0.15) is 39.5 Å². The third-order valence-corrected chi connectivity index (χ3v) is 6.78. The predicted molar refractivity (Wildman–Crippen MR) is 109 cm³/mol. The summed E-state index contributed by atoms with van der Waals surface area (Å²) in [6, 6.07) is 17.3. The number of hydrogen-bond acceptors (Lipinski definition) is 3. The van der Waals surface area contributed by atoms with Crippen LogP contribution in [0.3, 0.4) is 0 Å². The molecule has 1 unspecified atom stereocenters. The number of nitrogens with zero attached hydrogens (tertiary/aromatic N) is 1. The molecule has 25 heavy (non-hydrogen) atoms. The molecule has 3 heteroatoms. The van der Waals surface area contributed by atoms with E-state index in [2.05, 4.69) is 67.3 Å². The van der Waals surface area contributed by atoms with Crippen LogP contribution in [0.25, 0.3) is 0 Å². The van der Waals surface area contributed by atoms with E-state index in [-0.39, 0.29) is 0 Å². The largest absolute Gasteiger partial charge is 0.497 e. The van der Waals surface area contributed by atoms with E-state index in [9.17, 15) is 0 Å². The van der Waals surface area contributed by atoms with Gasteiger partial charge in [0, 0.05) is 28.9 Å². The highest BCUT2D eigenvalue weighted by Gasteiger charge is 2.34. The van der Waals surface area contributed by atoms with Gasteiger partial charge in [0.2, 0.25) is 0 Å². The minimum Gasteiger partial charge on any atom is -0.497 e. The maximum atomic E-state index is 5.51. The molecular formula is C22H29NOS. The summed E-state index contributed by atoms with van der Waals surface area (Å²) in [5, 5.41) is 0. The lowest BCUT2D eigenvalue weighted by molar-refractivity contribution is 0.295. The number of ether oxygens (including phenoxy) is 1. The van der Waals surface area contributed by atoms with Crippen molar-refractivity contribution in [1.29, 1.82) is 0 Å². The zero-order valence-corrected chi connectivity index (χ0v) is 16.4. The summed E-state index contributed by atoms with van der Waals surface area (Å²) in [4.78, 5) is 3.87. The number of thioether (sulfide) groups is 1. The molecule has 0 radical (unpaired) electrons. The van der Waals surface area contributed by atoms with Gasteiger partial charge >= 0.3 is 0 Å². The predicted octanol–water partition coefficient (Wildman–Crippen LogP) is 6.53. The van der Waals surface area contributed by atoms with Gasteiger partial charge in [-0.25, -0.2) is 0 Å². The first kappa shape index (κ1) is 18.2. The van der Waals surface area contributed by atoms with Gasteiger partial charge in [0.15, 0.2) is 0 Å². The standard InChI is InChI=1S/C22H29NOS/c1-4-6-14-22(5-2)16-23(18-10-8-7-9-11-18)20-15-19(24-3)12-13-21(20)25-17-22/h7-13,15H,4-6,14,16-17H2,1-3H3. The van der Waals surface area contributed by atoms with E-state index in [1.807, 2.05) is 11.8 Å². The van der Waals surface area contributed by atoms with Gasteiger partial charge in [-0.05, 0) is 42.5 Å². The lowest BCUT2D eigenvalue weighted by atomic mass is 9.81. The summed E-state index contributed by atoms with van der Waals surface area (Å²) < 4.78 is 5.51. The van der Waals surface area contributed by atoms with Gasteiger partial charge in [0.1, 0.15) is 5.75 Å². The highest BCUT2D eigenvalue weighted by Crippen LogP contribution is 2.47. The highest BCUT2D eigenvalue weighted by atomic mass is 32.2. The Kier molecular flexibility index (Phi) is 5.95. The molecule has 0 bridgehead atoms. The number of methoxy groups -OCH3 is 1. The van der Waals surface area contributed by atoms with Crippen LogP contribution in [0.4, 0.5) is 11.4 Å². The first-order chi connectivity index (χ1) is 12.2. The normalized spacial score (nSPS) is 20.0. The highest BCUT2D eigenvalue weighted by molar-refractivity contribution is 7.99. The van der Waals surface area contributed by atoms with Gasteiger partial charge in [0.25, 0.3) is 0 Å². The topological polar surface area (TPSA) is 12.5 Å². The molecule has 1 heterocycles. The van der Waals surface area contributed by atoms with Gasteiger partial charge in [-0.15, -0.1) is 11.8 Å². The lowest BCUT2D eigenvalue weighted by Crippen LogP contribution is -2.35. The van der Waals surface area contributed by atoms with Gasteiger partial charge < -0.3 is 9.64 Å². The molecule has 0 aliphatic carbocycles. The van der Waals surface area contributed by atoms with Crippen molar-refractivity contribution >= 4 is 23.1 Å². The molecule has 3 rings (SSSR count). The maximum Gasteiger partial charge on any atom is 0.121 e. The Labute approximate surface area is 156 Å². The number of para-hydroxylation sites is 1. The Morgan fingerprint density at radius 1 is 1.12 bits per heavy atom. The van der Waals surface area contributed by atoms with Crippen molar-refractivity contribution in [3.05, 3.63) is 48.5 Å². The molecule has 1 aliphatic heterocycles. The first-order valence-electron chi connectivity index (χ1n) is 9.35. The lowest BCUT2D eigenvalue weighted by Gasteiger charge is -2.36. The van der Waals surface area contributed by atoms with Crippen LogP contribution in [-0.4, -0.2) is 19.4 Å². The Hall–Kier alpha value is -1.61. The van der Waals surface area contributed by atoms with Crippen molar-refractivity contribution in [3.63, 3.8) is 0 Å². The third kappa shape index (κ3) is 3.98. The molecule has 134 valence electrons. The molecule has 2 aromatic carbocycles. The number of anilines is 2. The average Bonchev–Trinajstić information content (AvgIpc) is 2.84. The van der Waals surface area contributed by atoms with Crippen LogP contribution in [0.15, 0.2) is 53.4 Å². The fourth-order valence-corrected chi connectivity index (χ4v) is 4.97. The first-order valence-corrected chi connectivity index (χ1v) is 10.3. The second-order valence-corrected chi connectivity index (χ2v) is 8.02. The van der Waals surface area contributed by atoms with E-state index in [1.54, 1.807) is 7.11 Å². The van der Waals surface area contributed by atoms with Crippen LogP contribution in [0, 0.1) is 5.41 Å². The van der Waals surface area contributed by atoms with Gasteiger partial charge in [-0.2, -0.15) is 0 Å². The van der Waals surface area contributed by atoms with E-state index in [0.717, 1.165) is 12.3 Å². The summed E-state index contributed by atoms with van der Waals surface area (Å²) in [7, 11) is 1.75. The molecular weight excluding hydrogens is 326 g/mol. The molecule has 1 atom stereocenters. The smallest absolute Gasteiger partial charge is 0.121 e. The van der Waals surface area contributed by atoms with Crippen LogP contribution in [0.5, 0.6) is 5.75 Å². The van der Waals surface area contributed by atoms with E-state index >= 15 is 0 Å². The second-order valence-electron chi connectivity index (χ2n) is 7.00. The van der Waals surface area contributed by atoms with Crippen molar-refractivity contribution in [3.8, 4) is 5.75 Å². The molecule has 0 fully saturated rings. The molecule has 0 spiro atoms. The van der Waals surface area contributed by atoms with Crippen molar-refractivity contribution in [2.24, 2.45) is 5.41 Å². The van der Waals surface area contributed by atoms with E-state index in [4.69, 9.17) is 4.74 Å². The van der Waals surface area contributed by atoms with Crippen molar-refractivity contribution in [2.45, 2.75) is 44.4 Å². The number of rotatable bonds is 6. The van der Waals surface area contributed by atoms with E-state index in [0.29, 0.717) is 5.41 Å². The zero-order chi connectivity index (χ0) is 17.7. The molecule has 0 aromatic heterocycles. The van der Waals surface area contributed by atoms with Crippen molar-refractivity contribution in [2.75, 3.05) is 24.3 Å². The molecule has 0 amide bonds. The molecule has 0 N–H and O–H groups in total. The quantitative estimate of drug-likeness (QED) is 0.585. The Morgan fingerprint density at radius 3 is 2.60 bits per heavy atom. The molecule has 2 nitrogen and oxygen atoms in total. The summed E-state index contributed by atoms with van der Waals surface area (Å²) in [6.45, 7) is 5.72. The van der Waals surface area contributed by atoms with Crippen LogP contribution in [0.2, 0.25) is 0 Å². The Balaban J connectivity index is 2.05. The zero-order valence-electron chi connectivity index (χ0n) is 15.6. The van der Waals surface area contributed by atoms with E-state index < -0.39 is 0 Å². The summed E-state index contributed by atoms with van der Waals surface area (Å²) in [5.41, 5.74) is 2.90. The van der Waals surface area contributed by atoms with Crippen LogP contribution < -0.4 is 9.64 Å². The fraction of sp³-hybridized carbons (Fsp3) is 0.455. The maximum absolute atomic E-state index is 5.51. The minimum atomic E-state index is 0.350. The minimum absolute atomic E-state index is 0.350. The van der Waals surface area contributed by atoms with Gasteiger partial charge in [-0.3, -0.25) is 0 Å². The Morgan fingerprint density at radius 2 is 1.92 bits per heavy atom. The average molecular weight is 356 g/mol. The van der Waals surface area contributed by atoms with Crippen LogP contribution >= 0.6 is 11.8 Å². The Bertz CT molecular complexity index is 688. The van der Waals surface area contributed by atoms with E-state index in [1.165, 1.54) is 47.7 Å². The van der Waals surface area contributed by atoms with Crippen molar-refractivity contribution < 1.29 is 4.74 Å². The van der Waals surface area contributed by atoms with Gasteiger partial charge in [-0.1, -0.05) is 44.9 Å². The second kappa shape index (κ2) is 8.18. The molecule has 1 aliphatic rings.